The molecule has 0 aliphatic carbocycles. The van der Waals surface area contributed by atoms with Crippen molar-refractivity contribution in [2.75, 3.05) is 13.2 Å². The van der Waals surface area contributed by atoms with Gasteiger partial charge in [-0.05, 0) is 25.2 Å². The van der Waals surface area contributed by atoms with E-state index in [1.807, 2.05) is 0 Å². The second kappa shape index (κ2) is 5.60. The molecule has 0 unspecified atom stereocenters. The number of rotatable bonds is 4. The van der Waals surface area contributed by atoms with E-state index in [4.69, 9.17) is 15.0 Å². The van der Waals surface area contributed by atoms with Crippen molar-refractivity contribution < 1.29 is 9.26 Å². The maximum atomic E-state index is 6.02. The summed E-state index contributed by atoms with van der Waals surface area (Å²) >= 11 is 0. The zero-order chi connectivity index (χ0) is 12.3. The summed E-state index contributed by atoms with van der Waals surface area (Å²) in [5, 5.41) is 4.05. The lowest BCUT2D eigenvalue weighted by molar-refractivity contribution is 0.0830. The summed E-state index contributed by atoms with van der Waals surface area (Å²) in [6.07, 6.45) is 2.81. The van der Waals surface area contributed by atoms with Crippen LogP contribution in [0.1, 0.15) is 56.8 Å². The van der Waals surface area contributed by atoms with Crippen LogP contribution in [0, 0.1) is 5.92 Å². The normalized spacial score (nSPS) is 19.8. The molecule has 17 heavy (non-hydrogen) atoms. The Kier molecular flexibility index (Phi) is 4.12. The third kappa shape index (κ3) is 3.26. The fourth-order valence-corrected chi connectivity index (χ4v) is 2.13. The molecule has 96 valence electrons. The standard InChI is InChI=1S/C12H21N3O2/c1-8(2)7-10(13)12-14-11(15-17-12)9-3-5-16-6-4-9/h8-10H,3-7,13H2,1-2H3/t10-/m1/s1. The molecular formula is C12H21N3O2. The van der Waals surface area contributed by atoms with Gasteiger partial charge in [0, 0.05) is 19.1 Å². The molecule has 1 aliphatic heterocycles. The maximum Gasteiger partial charge on any atom is 0.243 e. The molecule has 5 heteroatoms. The first kappa shape index (κ1) is 12.5. The van der Waals surface area contributed by atoms with Crippen molar-refractivity contribution >= 4 is 0 Å². The number of nitrogens with two attached hydrogens (primary N) is 1. The Morgan fingerprint density at radius 3 is 2.71 bits per heavy atom. The van der Waals surface area contributed by atoms with Gasteiger partial charge < -0.3 is 15.0 Å². The fraction of sp³-hybridized carbons (Fsp3) is 0.833. The molecule has 1 atom stereocenters. The summed E-state index contributed by atoms with van der Waals surface area (Å²) in [6.45, 7) is 5.84. The Labute approximate surface area is 102 Å². The van der Waals surface area contributed by atoms with E-state index < -0.39 is 0 Å². The maximum absolute atomic E-state index is 6.02. The van der Waals surface area contributed by atoms with E-state index in [9.17, 15) is 0 Å². The van der Waals surface area contributed by atoms with E-state index >= 15 is 0 Å². The Balaban J connectivity index is 1.99. The molecule has 1 aliphatic rings. The highest BCUT2D eigenvalue weighted by Gasteiger charge is 2.23. The first-order valence-electron chi connectivity index (χ1n) is 6.33. The molecule has 0 amide bonds. The van der Waals surface area contributed by atoms with Gasteiger partial charge in [-0.2, -0.15) is 4.98 Å². The van der Waals surface area contributed by atoms with Gasteiger partial charge >= 0.3 is 0 Å². The monoisotopic (exact) mass is 239 g/mol. The quantitative estimate of drug-likeness (QED) is 0.870. The Bertz CT molecular complexity index is 345. The van der Waals surface area contributed by atoms with Crippen molar-refractivity contribution in [3.8, 4) is 0 Å². The predicted octanol–water partition coefficient (Wildman–Crippen LogP) is 2.01. The van der Waals surface area contributed by atoms with Crippen molar-refractivity contribution in [3.63, 3.8) is 0 Å². The lowest BCUT2D eigenvalue weighted by Crippen LogP contribution is -2.16. The van der Waals surface area contributed by atoms with Crippen LogP contribution < -0.4 is 5.73 Å². The molecule has 2 N–H and O–H groups in total. The highest BCUT2D eigenvalue weighted by atomic mass is 16.5. The largest absolute Gasteiger partial charge is 0.381 e. The summed E-state index contributed by atoms with van der Waals surface area (Å²) < 4.78 is 10.6. The highest BCUT2D eigenvalue weighted by molar-refractivity contribution is 4.99. The van der Waals surface area contributed by atoms with Gasteiger partial charge in [0.25, 0.3) is 0 Å². The van der Waals surface area contributed by atoms with Gasteiger partial charge in [0.2, 0.25) is 5.89 Å². The number of hydrogen-bond acceptors (Lipinski definition) is 5. The van der Waals surface area contributed by atoms with Crippen molar-refractivity contribution in [2.45, 2.75) is 45.1 Å². The van der Waals surface area contributed by atoms with Crippen LogP contribution in [0.25, 0.3) is 0 Å². The number of ether oxygens (including phenoxy) is 1. The van der Waals surface area contributed by atoms with E-state index in [-0.39, 0.29) is 6.04 Å². The summed E-state index contributed by atoms with van der Waals surface area (Å²) in [4.78, 5) is 4.43. The zero-order valence-electron chi connectivity index (χ0n) is 10.6. The SMILES string of the molecule is CC(C)C[C@@H](N)c1nc(C2CCOCC2)no1. The topological polar surface area (TPSA) is 74.2 Å². The van der Waals surface area contributed by atoms with Gasteiger partial charge in [0.15, 0.2) is 5.82 Å². The van der Waals surface area contributed by atoms with Gasteiger partial charge in [-0.3, -0.25) is 0 Å². The van der Waals surface area contributed by atoms with E-state index in [0.717, 1.165) is 38.3 Å². The van der Waals surface area contributed by atoms with Gasteiger partial charge in [-0.25, -0.2) is 0 Å². The summed E-state index contributed by atoms with van der Waals surface area (Å²) in [6, 6.07) is -0.143. The third-order valence-corrected chi connectivity index (χ3v) is 3.09. The summed E-state index contributed by atoms with van der Waals surface area (Å²) in [5.74, 6) is 2.26. The van der Waals surface area contributed by atoms with Gasteiger partial charge in [0.1, 0.15) is 0 Å². The number of hydrogen-bond donors (Lipinski definition) is 1. The van der Waals surface area contributed by atoms with Crippen LogP contribution in [-0.2, 0) is 4.74 Å². The van der Waals surface area contributed by atoms with Crippen LogP contribution in [0.2, 0.25) is 0 Å². The Hall–Kier alpha value is -0.940. The van der Waals surface area contributed by atoms with E-state index in [1.165, 1.54) is 0 Å². The molecule has 1 saturated heterocycles. The van der Waals surface area contributed by atoms with E-state index in [1.54, 1.807) is 0 Å². The highest BCUT2D eigenvalue weighted by Crippen LogP contribution is 2.26. The molecule has 0 radical (unpaired) electrons. The Morgan fingerprint density at radius 1 is 1.35 bits per heavy atom. The van der Waals surface area contributed by atoms with E-state index in [2.05, 4.69) is 24.0 Å². The molecule has 5 nitrogen and oxygen atoms in total. The average Bonchev–Trinajstić information content (AvgIpc) is 2.78. The van der Waals surface area contributed by atoms with Crippen LogP contribution in [0.15, 0.2) is 4.52 Å². The van der Waals surface area contributed by atoms with Crippen LogP contribution in [-0.4, -0.2) is 23.4 Å². The first-order chi connectivity index (χ1) is 8.16. The van der Waals surface area contributed by atoms with Crippen molar-refractivity contribution in [1.82, 2.24) is 10.1 Å². The molecule has 0 bridgehead atoms. The van der Waals surface area contributed by atoms with Gasteiger partial charge in [-0.15, -0.1) is 0 Å². The minimum atomic E-state index is -0.143. The van der Waals surface area contributed by atoms with E-state index in [0.29, 0.717) is 17.7 Å². The lowest BCUT2D eigenvalue weighted by Gasteiger charge is -2.18. The second-order valence-electron chi connectivity index (χ2n) is 5.11. The number of aromatic nitrogens is 2. The van der Waals surface area contributed by atoms with Crippen molar-refractivity contribution in [2.24, 2.45) is 11.7 Å². The minimum absolute atomic E-state index is 0.143. The molecule has 1 fully saturated rings. The molecule has 0 spiro atoms. The minimum Gasteiger partial charge on any atom is -0.381 e. The fourth-order valence-electron chi connectivity index (χ4n) is 2.13. The molecule has 0 saturated carbocycles. The number of nitrogens with zero attached hydrogens (tertiary/aromatic N) is 2. The van der Waals surface area contributed by atoms with Crippen LogP contribution in [0.5, 0.6) is 0 Å². The zero-order valence-corrected chi connectivity index (χ0v) is 10.6. The van der Waals surface area contributed by atoms with Crippen LogP contribution in [0.4, 0.5) is 0 Å². The second-order valence-corrected chi connectivity index (χ2v) is 5.11. The van der Waals surface area contributed by atoms with Crippen LogP contribution in [0.3, 0.4) is 0 Å². The molecule has 0 aromatic carbocycles. The molecule has 1 aromatic rings. The molecule has 2 rings (SSSR count). The average molecular weight is 239 g/mol. The van der Waals surface area contributed by atoms with Crippen LogP contribution >= 0.6 is 0 Å². The molecule has 1 aromatic heterocycles. The summed E-state index contributed by atoms with van der Waals surface area (Å²) in [7, 11) is 0. The molecular weight excluding hydrogens is 218 g/mol. The first-order valence-corrected chi connectivity index (χ1v) is 6.33. The van der Waals surface area contributed by atoms with Gasteiger partial charge in [0.05, 0.1) is 6.04 Å². The van der Waals surface area contributed by atoms with Crippen molar-refractivity contribution in [3.05, 3.63) is 11.7 Å². The lowest BCUT2D eigenvalue weighted by atomic mass is 10.00. The third-order valence-electron chi connectivity index (χ3n) is 3.09. The van der Waals surface area contributed by atoms with Crippen molar-refractivity contribution in [1.29, 1.82) is 0 Å². The van der Waals surface area contributed by atoms with Gasteiger partial charge in [-0.1, -0.05) is 19.0 Å². The smallest absolute Gasteiger partial charge is 0.243 e. The molecule has 2 heterocycles. The summed E-state index contributed by atoms with van der Waals surface area (Å²) in [5.41, 5.74) is 6.02. The predicted molar refractivity (Wildman–Crippen MR) is 63.5 cm³/mol. The Morgan fingerprint density at radius 2 is 2.06 bits per heavy atom.